The van der Waals surface area contributed by atoms with Crippen LogP contribution in [0, 0.1) is 5.92 Å². The van der Waals surface area contributed by atoms with E-state index in [1.807, 2.05) is 0 Å². The summed E-state index contributed by atoms with van der Waals surface area (Å²) >= 11 is 0. The summed E-state index contributed by atoms with van der Waals surface area (Å²) in [7, 11) is -3.99. The van der Waals surface area contributed by atoms with Crippen LogP contribution < -0.4 is 10.5 Å². The van der Waals surface area contributed by atoms with Gasteiger partial charge in [-0.1, -0.05) is 18.2 Å². The number of carbonyl (C=O) groups is 1. The molecule has 55 heavy (non-hydrogen) atoms. The summed E-state index contributed by atoms with van der Waals surface area (Å²) in [5.74, 6) is -3.55. The van der Waals surface area contributed by atoms with E-state index in [-0.39, 0.29) is 40.5 Å². The fraction of sp³-hybridized carbons (Fsp3) is 0.500. The van der Waals surface area contributed by atoms with Crippen molar-refractivity contribution in [1.29, 1.82) is 0 Å². The second kappa shape index (κ2) is 12.8. The lowest BCUT2D eigenvalue weighted by Gasteiger charge is -2.31. The van der Waals surface area contributed by atoms with Crippen LogP contribution in [0.1, 0.15) is 53.0 Å². The molecule has 9 rings (SSSR count). The normalized spacial score (nSPS) is 30.1. The molecule has 4 saturated heterocycles. The lowest BCUT2D eigenvalue weighted by atomic mass is 9.87. The van der Waals surface area contributed by atoms with E-state index in [1.54, 1.807) is 61.4 Å². The van der Waals surface area contributed by atoms with Crippen LogP contribution in [-0.2, 0) is 43.2 Å². The van der Waals surface area contributed by atoms with Crippen LogP contribution in [0.3, 0.4) is 0 Å². The summed E-state index contributed by atoms with van der Waals surface area (Å²) in [6.07, 6.45) is -0.303. The van der Waals surface area contributed by atoms with Crippen LogP contribution in [0.2, 0.25) is 0 Å². The topological polar surface area (TPSA) is 252 Å². The SMILES string of the molecule is CC1(C)O[C@@H]2[C@H](O1)[C@@H](C(CC(=O)O)C[C@H]1O[C@@H](n3cnc4c(NS(=O)(=O)c5ccccc5)ncnc43)[C@@H]3OC(C)(C)O[C@@H]31)O[C@H]2n1cnc2c(N)ncnc21. The summed E-state index contributed by atoms with van der Waals surface area (Å²) in [6, 6.07) is 7.89. The van der Waals surface area contributed by atoms with Crippen molar-refractivity contribution >= 4 is 50.0 Å². The molecule has 1 aromatic carbocycles. The number of nitrogen functional groups attached to an aromatic ring is 1. The highest BCUT2D eigenvalue weighted by atomic mass is 32.2. The molecule has 0 radical (unpaired) electrons. The highest BCUT2D eigenvalue weighted by Gasteiger charge is 2.61. The number of aliphatic carboxylic acids is 1. The molecule has 9 atom stereocenters. The Hall–Kier alpha value is -4.90. The summed E-state index contributed by atoms with van der Waals surface area (Å²) < 4.78 is 71.1. The third-order valence-electron chi connectivity index (χ3n) is 10.2. The lowest BCUT2D eigenvalue weighted by Crippen LogP contribution is -2.40. The number of aromatic nitrogens is 8. The number of ether oxygens (including phenoxy) is 6. The molecule has 4 aliphatic rings. The van der Waals surface area contributed by atoms with Gasteiger partial charge in [0.15, 0.2) is 52.5 Å². The maximum Gasteiger partial charge on any atom is 0.303 e. The van der Waals surface area contributed by atoms with Crippen LogP contribution in [-0.4, -0.2) is 107 Å². The van der Waals surface area contributed by atoms with Crippen molar-refractivity contribution < 1.29 is 46.7 Å². The monoisotopic (exact) mass is 778 g/mol. The summed E-state index contributed by atoms with van der Waals surface area (Å²) in [6.45, 7) is 7.14. The molecule has 4 fully saturated rings. The maximum atomic E-state index is 13.2. The average molecular weight is 779 g/mol. The lowest BCUT2D eigenvalue weighted by molar-refractivity contribution is -0.210. The van der Waals surface area contributed by atoms with Crippen LogP contribution in [0.25, 0.3) is 22.3 Å². The Morgan fingerprint density at radius 1 is 0.818 bits per heavy atom. The Morgan fingerprint density at radius 3 is 2.09 bits per heavy atom. The second-order valence-electron chi connectivity index (χ2n) is 14.8. The summed E-state index contributed by atoms with van der Waals surface area (Å²) in [5.41, 5.74) is 7.35. The Labute approximate surface area is 313 Å². The molecule has 4 aromatic heterocycles. The predicted molar refractivity (Wildman–Crippen MR) is 188 cm³/mol. The first-order valence-electron chi connectivity index (χ1n) is 17.6. The average Bonchev–Trinajstić information content (AvgIpc) is 3.96. The largest absolute Gasteiger partial charge is 0.481 e. The van der Waals surface area contributed by atoms with E-state index >= 15 is 0 Å². The number of hydrogen-bond acceptors (Lipinski definition) is 16. The van der Waals surface area contributed by atoms with E-state index in [0.29, 0.717) is 11.2 Å². The smallest absolute Gasteiger partial charge is 0.303 e. The van der Waals surface area contributed by atoms with Gasteiger partial charge in [-0.05, 0) is 46.2 Å². The molecule has 20 nitrogen and oxygen atoms in total. The number of nitrogens with two attached hydrogens (primary N) is 1. The minimum absolute atomic E-state index is 0.0202. The van der Waals surface area contributed by atoms with Gasteiger partial charge in [-0.2, -0.15) is 0 Å². The molecule has 4 aliphatic heterocycles. The minimum Gasteiger partial charge on any atom is -0.481 e. The van der Waals surface area contributed by atoms with Crippen molar-refractivity contribution in [3.63, 3.8) is 0 Å². The van der Waals surface area contributed by atoms with E-state index in [9.17, 15) is 18.3 Å². The van der Waals surface area contributed by atoms with E-state index in [0.717, 1.165) is 0 Å². The Balaban J connectivity index is 1.03. The van der Waals surface area contributed by atoms with Gasteiger partial charge in [0.05, 0.1) is 36.2 Å². The first-order valence-corrected chi connectivity index (χ1v) is 19.1. The number of benzene rings is 1. The van der Waals surface area contributed by atoms with Crippen molar-refractivity contribution in [2.45, 2.75) is 106 Å². The first-order chi connectivity index (χ1) is 26.2. The standard InChI is InChI=1S/C34H38N10O10S/c1-33(2)51-23-18(49-31(25(23)53-33)44-15-41-21-28(37-13-39-30(21)44)42-55(47,48)17-8-6-5-7-9-17)10-16(11-19(45)46)22-24-26(54-34(3,4)52-24)32(50-22)43-14-40-20-27(35)36-12-38-29(20)43/h5-9,12-16,18,22-26,31-32H,10-11H2,1-4H3,(H,45,46)(H2,35,36,38)(H,37,39,42)/t16?,18-,22-,23-,24-,25-,26-,31-,32-/m1/s1. The molecular weight excluding hydrogens is 741 g/mol. The molecule has 4 N–H and O–H groups in total. The van der Waals surface area contributed by atoms with E-state index in [1.165, 1.54) is 31.1 Å². The number of nitrogens with zero attached hydrogens (tertiary/aromatic N) is 8. The number of sulfonamides is 1. The quantitative estimate of drug-likeness (QED) is 0.184. The van der Waals surface area contributed by atoms with E-state index in [4.69, 9.17) is 34.2 Å². The number of carboxylic acid groups (broad SMARTS) is 1. The van der Waals surface area contributed by atoms with Gasteiger partial charge >= 0.3 is 5.97 Å². The highest BCUT2D eigenvalue weighted by Crippen LogP contribution is 2.50. The zero-order chi connectivity index (χ0) is 38.4. The Bertz CT molecular complexity index is 2390. The fourth-order valence-corrected chi connectivity index (χ4v) is 9.13. The molecule has 8 heterocycles. The van der Waals surface area contributed by atoms with Gasteiger partial charge in [-0.25, -0.2) is 38.3 Å². The Kier molecular flexibility index (Phi) is 8.35. The number of anilines is 2. The van der Waals surface area contributed by atoms with Crippen molar-refractivity contribution in [2.75, 3.05) is 10.5 Å². The molecule has 0 spiro atoms. The fourth-order valence-electron chi connectivity index (χ4n) is 8.09. The predicted octanol–water partition coefficient (Wildman–Crippen LogP) is 2.37. The highest BCUT2D eigenvalue weighted by molar-refractivity contribution is 7.92. The van der Waals surface area contributed by atoms with Gasteiger partial charge < -0.3 is 39.3 Å². The number of carboxylic acids is 1. The molecule has 0 saturated carbocycles. The van der Waals surface area contributed by atoms with E-state index < -0.39 is 82.6 Å². The first kappa shape index (κ1) is 35.8. The molecule has 0 amide bonds. The minimum atomic E-state index is -3.99. The van der Waals surface area contributed by atoms with Crippen LogP contribution in [0.4, 0.5) is 11.6 Å². The second-order valence-corrected chi connectivity index (χ2v) is 16.5. The van der Waals surface area contributed by atoms with Gasteiger partial charge in [0, 0.05) is 5.92 Å². The van der Waals surface area contributed by atoms with E-state index in [2.05, 4.69) is 34.6 Å². The molecule has 290 valence electrons. The van der Waals surface area contributed by atoms with Crippen molar-refractivity contribution in [2.24, 2.45) is 5.92 Å². The van der Waals surface area contributed by atoms with Gasteiger partial charge in [0.25, 0.3) is 10.0 Å². The van der Waals surface area contributed by atoms with Gasteiger partial charge in [-0.15, -0.1) is 0 Å². The molecular formula is C34H38N10O10S. The molecule has 21 heteroatoms. The number of fused-ring (bicyclic) bond motifs is 4. The molecule has 5 aromatic rings. The summed E-state index contributed by atoms with van der Waals surface area (Å²) in [5, 5.41) is 10.2. The number of nitrogens with one attached hydrogen (secondary N) is 1. The maximum absolute atomic E-state index is 13.2. The zero-order valence-corrected chi connectivity index (χ0v) is 30.8. The van der Waals surface area contributed by atoms with Crippen LogP contribution >= 0.6 is 0 Å². The number of rotatable bonds is 10. The van der Waals surface area contributed by atoms with Crippen molar-refractivity contribution in [3.05, 3.63) is 55.6 Å². The summed E-state index contributed by atoms with van der Waals surface area (Å²) in [4.78, 5) is 38.4. The van der Waals surface area contributed by atoms with Crippen molar-refractivity contribution in [1.82, 2.24) is 39.0 Å². The molecule has 1 unspecified atom stereocenters. The molecule has 0 aliphatic carbocycles. The Morgan fingerprint density at radius 2 is 1.40 bits per heavy atom. The number of imidazole rings is 2. The van der Waals surface area contributed by atoms with Crippen LogP contribution in [0.15, 0.2) is 60.5 Å². The van der Waals surface area contributed by atoms with Gasteiger partial charge in [-0.3, -0.25) is 18.7 Å². The van der Waals surface area contributed by atoms with Gasteiger partial charge in [0.1, 0.15) is 42.6 Å². The third kappa shape index (κ3) is 6.24. The third-order valence-corrected chi connectivity index (χ3v) is 11.6. The molecule has 0 bridgehead atoms. The van der Waals surface area contributed by atoms with Crippen LogP contribution in [0.5, 0.6) is 0 Å². The van der Waals surface area contributed by atoms with Crippen molar-refractivity contribution in [3.8, 4) is 0 Å². The zero-order valence-electron chi connectivity index (χ0n) is 30.0. The van der Waals surface area contributed by atoms with Gasteiger partial charge in [0.2, 0.25) is 0 Å². The number of hydrogen-bond donors (Lipinski definition) is 3.